The van der Waals surface area contributed by atoms with Crippen LogP contribution in [0.1, 0.15) is 31.2 Å². The lowest BCUT2D eigenvalue weighted by atomic mass is 10.1. The predicted molar refractivity (Wildman–Crippen MR) is 95.3 cm³/mol. The topological polar surface area (TPSA) is 140 Å². The van der Waals surface area contributed by atoms with Gasteiger partial charge < -0.3 is 20.3 Å². The first-order valence-electron chi connectivity index (χ1n) is 8.44. The number of nitro groups is 1. The summed E-state index contributed by atoms with van der Waals surface area (Å²) < 4.78 is 6.69. The van der Waals surface area contributed by atoms with E-state index in [4.69, 9.17) is 9.84 Å². The summed E-state index contributed by atoms with van der Waals surface area (Å²) in [7, 11) is 0. The summed E-state index contributed by atoms with van der Waals surface area (Å²) in [6.07, 6.45) is -0.659. The van der Waals surface area contributed by atoms with Crippen LogP contribution in [-0.4, -0.2) is 43.5 Å². The molecule has 1 aromatic carbocycles. The summed E-state index contributed by atoms with van der Waals surface area (Å²) in [5, 5.41) is 33.1. The van der Waals surface area contributed by atoms with Crippen LogP contribution in [0.15, 0.2) is 41.3 Å². The molecule has 0 saturated carbocycles. The highest BCUT2D eigenvalue weighted by atomic mass is 16.6. The van der Waals surface area contributed by atoms with Crippen LogP contribution in [0.4, 0.5) is 11.5 Å². The maximum atomic E-state index is 12.3. The van der Waals surface area contributed by atoms with E-state index in [9.17, 15) is 20.0 Å². The Labute approximate surface area is 154 Å². The van der Waals surface area contributed by atoms with E-state index < -0.39 is 35.1 Å². The van der Waals surface area contributed by atoms with Crippen molar-refractivity contribution in [2.45, 2.75) is 37.8 Å². The standard InChI is InChI=1S/C17H20N4O6/c1-10(11-4-2-3-5-12(11)21(25)26)18-15-6-7-20(17(24)19-15)16-8-13(23)14(9-22)27-16/h2-7,10,13-14,16,22-23H,8-9H2,1H3,(H,18,19,24)/t10?,13-,14?,16-/m1/s1. The van der Waals surface area contributed by atoms with Crippen molar-refractivity contribution in [3.63, 3.8) is 0 Å². The Morgan fingerprint density at radius 1 is 1.44 bits per heavy atom. The van der Waals surface area contributed by atoms with Crippen molar-refractivity contribution in [2.24, 2.45) is 0 Å². The fourth-order valence-electron chi connectivity index (χ4n) is 3.08. The Morgan fingerprint density at radius 3 is 2.81 bits per heavy atom. The summed E-state index contributed by atoms with van der Waals surface area (Å²) in [4.78, 5) is 26.9. The van der Waals surface area contributed by atoms with E-state index in [0.29, 0.717) is 5.56 Å². The molecule has 2 heterocycles. The molecule has 3 rings (SSSR count). The van der Waals surface area contributed by atoms with E-state index in [2.05, 4.69) is 10.3 Å². The third-order valence-corrected chi connectivity index (χ3v) is 4.49. The zero-order chi connectivity index (χ0) is 19.6. The minimum atomic E-state index is -0.858. The Kier molecular flexibility index (Phi) is 5.49. The van der Waals surface area contributed by atoms with Gasteiger partial charge in [0.15, 0.2) is 0 Å². The minimum absolute atomic E-state index is 0.0192. The molecule has 10 heteroatoms. The molecule has 0 spiro atoms. The SMILES string of the molecule is CC(Nc1ccn([C@H]2C[C@@H](O)C(CO)O2)c(=O)n1)c1ccccc1[N+](=O)[O-]. The first-order valence-corrected chi connectivity index (χ1v) is 8.44. The lowest BCUT2D eigenvalue weighted by Crippen LogP contribution is -2.28. The third kappa shape index (κ3) is 3.97. The lowest BCUT2D eigenvalue weighted by molar-refractivity contribution is -0.385. The van der Waals surface area contributed by atoms with Gasteiger partial charge in [0.25, 0.3) is 5.69 Å². The number of aliphatic hydroxyl groups excluding tert-OH is 2. The van der Waals surface area contributed by atoms with Gasteiger partial charge in [-0.05, 0) is 13.0 Å². The number of nitro benzene ring substituents is 1. The molecule has 0 radical (unpaired) electrons. The van der Waals surface area contributed by atoms with Gasteiger partial charge in [0.05, 0.1) is 29.2 Å². The molecule has 144 valence electrons. The van der Waals surface area contributed by atoms with Crippen molar-refractivity contribution < 1.29 is 19.9 Å². The molecule has 2 aromatic rings. The first kappa shape index (κ1) is 19.0. The number of aliphatic hydroxyl groups is 2. The van der Waals surface area contributed by atoms with Crippen LogP contribution >= 0.6 is 0 Å². The number of nitrogens with one attached hydrogen (secondary N) is 1. The number of benzene rings is 1. The maximum Gasteiger partial charge on any atom is 0.351 e. The molecule has 1 aliphatic heterocycles. The van der Waals surface area contributed by atoms with Crippen molar-refractivity contribution in [1.82, 2.24) is 9.55 Å². The highest BCUT2D eigenvalue weighted by molar-refractivity contribution is 5.46. The smallest absolute Gasteiger partial charge is 0.351 e. The van der Waals surface area contributed by atoms with Crippen LogP contribution in [-0.2, 0) is 4.74 Å². The van der Waals surface area contributed by atoms with Crippen molar-refractivity contribution in [3.8, 4) is 0 Å². The number of aromatic nitrogens is 2. The number of hydrogen-bond donors (Lipinski definition) is 3. The highest BCUT2D eigenvalue weighted by Crippen LogP contribution is 2.28. The first-order chi connectivity index (χ1) is 12.9. The predicted octanol–water partition coefficient (Wildman–Crippen LogP) is 0.965. The number of rotatable bonds is 6. The fourth-order valence-corrected chi connectivity index (χ4v) is 3.08. The van der Waals surface area contributed by atoms with Gasteiger partial charge in [-0.3, -0.25) is 14.7 Å². The Balaban J connectivity index is 1.77. The van der Waals surface area contributed by atoms with Gasteiger partial charge >= 0.3 is 5.69 Å². The van der Waals surface area contributed by atoms with E-state index in [1.54, 1.807) is 31.2 Å². The molecule has 1 fully saturated rings. The molecule has 1 saturated heterocycles. The molecule has 0 amide bonds. The highest BCUT2D eigenvalue weighted by Gasteiger charge is 2.35. The number of nitrogens with zero attached hydrogens (tertiary/aromatic N) is 3. The molecule has 2 unspecified atom stereocenters. The normalized spacial score (nSPS) is 23.1. The van der Waals surface area contributed by atoms with Crippen LogP contribution in [0.25, 0.3) is 0 Å². The number of para-hydroxylation sites is 1. The molecule has 0 bridgehead atoms. The average Bonchev–Trinajstić information content (AvgIpc) is 3.02. The molecule has 4 atom stereocenters. The molecule has 27 heavy (non-hydrogen) atoms. The zero-order valence-corrected chi connectivity index (χ0v) is 14.6. The van der Waals surface area contributed by atoms with Gasteiger partial charge in [0.1, 0.15) is 18.1 Å². The van der Waals surface area contributed by atoms with Gasteiger partial charge in [0.2, 0.25) is 0 Å². The van der Waals surface area contributed by atoms with E-state index in [1.165, 1.54) is 16.8 Å². The van der Waals surface area contributed by atoms with E-state index in [-0.39, 0.29) is 24.5 Å². The average molecular weight is 376 g/mol. The molecule has 1 aliphatic rings. The minimum Gasteiger partial charge on any atom is -0.394 e. The summed E-state index contributed by atoms with van der Waals surface area (Å²) in [6.45, 7) is 1.39. The van der Waals surface area contributed by atoms with Gasteiger partial charge in [-0.15, -0.1) is 0 Å². The number of ether oxygens (including phenoxy) is 1. The van der Waals surface area contributed by atoms with Gasteiger partial charge in [-0.25, -0.2) is 4.79 Å². The second-order valence-electron chi connectivity index (χ2n) is 6.30. The quantitative estimate of drug-likeness (QED) is 0.500. The molecule has 10 nitrogen and oxygen atoms in total. The molecular weight excluding hydrogens is 356 g/mol. The summed E-state index contributed by atoms with van der Waals surface area (Å²) in [5.41, 5.74) is -0.138. The van der Waals surface area contributed by atoms with E-state index in [1.807, 2.05) is 0 Å². The Morgan fingerprint density at radius 2 is 2.19 bits per heavy atom. The van der Waals surface area contributed by atoms with Gasteiger partial charge in [-0.1, -0.05) is 18.2 Å². The second kappa shape index (κ2) is 7.82. The lowest BCUT2D eigenvalue weighted by Gasteiger charge is -2.17. The molecular formula is C17H20N4O6. The largest absolute Gasteiger partial charge is 0.394 e. The fraction of sp³-hybridized carbons (Fsp3) is 0.412. The molecule has 0 aliphatic carbocycles. The molecule has 1 aromatic heterocycles. The van der Waals surface area contributed by atoms with Crippen LogP contribution in [0, 0.1) is 10.1 Å². The van der Waals surface area contributed by atoms with Gasteiger partial charge in [0, 0.05) is 18.7 Å². The maximum absolute atomic E-state index is 12.3. The van der Waals surface area contributed by atoms with Gasteiger partial charge in [-0.2, -0.15) is 4.98 Å². The van der Waals surface area contributed by atoms with E-state index >= 15 is 0 Å². The number of hydrogen-bond acceptors (Lipinski definition) is 8. The second-order valence-corrected chi connectivity index (χ2v) is 6.30. The van der Waals surface area contributed by atoms with Crippen LogP contribution in [0.2, 0.25) is 0 Å². The Hall–Kier alpha value is -2.82. The summed E-state index contributed by atoms with van der Waals surface area (Å²) in [5.74, 6) is 0.263. The van der Waals surface area contributed by atoms with Crippen LogP contribution < -0.4 is 11.0 Å². The summed E-state index contributed by atoms with van der Waals surface area (Å²) in [6, 6.07) is 7.45. The van der Waals surface area contributed by atoms with E-state index in [0.717, 1.165) is 0 Å². The Bertz CT molecular complexity index is 886. The van der Waals surface area contributed by atoms with Crippen molar-refractivity contribution >= 4 is 11.5 Å². The van der Waals surface area contributed by atoms with Crippen molar-refractivity contribution in [2.75, 3.05) is 11.9 Å². The van der Waals surface area contributed by atoms with Crippen molar-refractivity contribution in [3.05, 3.63) is 62.7 Å². The van der Waals surface area contributed by atoms with Crippen LogP contribution in [0.5, 0.6) is 0 Å². The molecule has 3 N–H and O–H groups in total. The summed E-state index contributed by atoms with van der Waals surface area (Å²) >= 11 is 0. The monoisotopic (exact) mass is 376 g/mol. The van der Waals surface area contributed by atoms with Crippen molar-refractivity contribution in [1.29, 1.82) is 0 Å². The number of anilines is 1. The zero-order valence-electron chi connectivity index (χ0n) is 14.6. The third-order valence-electron chi connectivity index (χ3n) is 4.49. The van der Waals surface area contributed by atoms with Crippen LogP contribution in [0.3, 0.4) is 0 Å².